The van der Waals surface area contributed by atoms with Gasteiger partial charge in [-0.25, -0.2) is 17.6 Å². The maximum absolute atomic E-state index is 13.5. The van der Waals surface area contributed by atoms with Gasteiger partial charge in [0.05, 0.1) is 32.6 Å². The highest BCUT2D eigenvalue weighted by molar-refractivity contribution is 7.92. The van der Waals surface area contributed by atoms with Crippen molar-refractivity contribution >= 4 is 21.7 Å². The Morgan fingerprint density at radius 1 is 1.00 bits per heavy atom. The molecule has 0 heterocycles. The Hall–Kier alpha value is -2.81. The number of halogens is 1. The fourth-order valence-electron chi connectivity index (χ4n) is 2.09. The fourth-order valence-corrected chi connectivity index (χ4v) is 3.34. The van der Waals surface area contributed by atoms with Crippen molar-refractivity contribution < 1.29 is 31.8 Å². The van der Waals surface area contributed by atoms with Gasteiger partial charge in [-0.1, -0.05) is 0 Å². The first kappa shape index (κ1) is 18.5. The van der Waals surface area contributed by atoms with Gasteiger partial charge in [0.2, 0.25) is 0 Å². The molecule has 0 aliphatic rings. The van der Waals surface area contributed by atoms with Gasteiger partial charge in [-0.2, -0.15) is 0 Å². The highest BCUT2D eigenvalue weighted by Crippen LogP contribution is 2.31. The van der Waals surface area contributed by atoms with Gasteiger partial charge in [0.25, 0.3) is 10.0 Å². The minimum absolute atomic E-state index is 0.00304. The van der Waals surface area contributed by atoms with Crippen molar-refractivity contribution in [3.05, 3.63) is 47.8 Å². The van der Waals surface area contributed by atoms with E-state index in [1.807, 2.05) is 0 Å². The van der Waals surface area contributed by atoms with Gasteiger partial charge in [-0.3, -0.25) is 4.72 Å². The van der Waals surface area contributed by atoms with Gasteiger partial charge in [0.1, 0.15) is 22.2 Å². The zero-order valence-corrected chi connectivity index (χ0v) is 14.5. The zero-order chi connectivity index (χ0) is 18.6. The van der Waals surface area contributed by atoms with E-state index in [2.05, 4.69) is 9.46 Å². The zero-order valence-electron chi connectivity index (χ0n) is 13.7. The molecule has 0 aliphatic heterocycles. The number of nitrogens with one attached hydrogen (secondary N) is 1. The first-order valence-electron chi connectivity index (χ1n) is 6.95. The number of anilines is 1. The predicted molar refractivity (Wildman–Crippen MR) is 88.1 cm³/mol. The van der Waals surface area contributed by atoms with Crippen LogP contribution in [0.1, 0.15) is 10.4 Å². The van der Waals surface area contributed by atoms with E-state index < -0.39 is 21.8 Å². The van der Waals surface area contributed by atoms with Crippen LogP contribution in [0.15, 0.2) is 41.3 Å². The Bertz CT molecular complexity index is 897. The second-order valence-electron chi connectivity index (χ2n) is 4.81. The minimum atomic E-state index is -4.21. The average molecular weight is 369 g/mol. The van der Waals surface area contributed by atoms with E-state index in [0.717, 1.165) is 12.1 Å². The monoisotopic (exact) mass is 369 g/mol. The number of sulfonamides is 1. The molecule has 134 valence electrons. The number of carbonyl (C=O) groups is 1. The van der Waals surface area contributed by atoms with Crippen LogP contribution >= 0.6 is 0 Å². The van der Waals surface area contributed by atoms with Crippen molar-refractivity contribution in [1.82, 2.24) is 0 Å². The summed E-state index contributed by atoms with van der Waals surface area (Å²) in [6, 6.07) is 7.20. The average Bonchev–Trinajstić information content (AvgIpc) is 2.60. The third-order valence-corrected chi connectivity index (χ3v) is 4.67. The Labute approximate surface area is 144 Å². The summed E-state index contributed by atoms with van der Waals surface area (Å²) in [7, 11) is -0.396. The Balaban J connectivity index is 2.50. The number of methoxy groups -OCH3 is 3. The van der Waals surface area contributed by atoms with E-state index in [0.29, 0.717) is 0 Å². The number of carbonyl (C=O) groups excluding carboxylic acids is 1. The maximum Gasteiger partial charge on any atom is 0.337 e. The lowest BCUT2D eigenvalue weighted by atomic mass is 10.2. The molecule has 0 radical (unpaired) electrons. The smallest absolute Gasteiger partial charge is 0.337 e. The Morgan fingerprint density at radius 3 is 2.24 bits per heavy atom. The number of hydrogen-bond acceptors (Lipinski definition) is 6. The molecule has 0 saturated heterocycles. The maximum atomic E-state index is 13.5. The van der Waals surface area contributed by atoms with Crippen molar-refractivity contribution in [3.63, 3.8) is 0 Å². The summed E-state index contributed by atoms with van der Waals surface area (Å²) >= 11 is 0. The molecule has 0 spiro atoms. The van der Waals surface area contributed by atoms with Crippen molar-refractivity contribution in [2.45, 2.75) is 4.90 Å². The molecule has 0 saturated carbocycles. The van der Waals surface area contributed by atoms with Gasteiger partial charge >= 0.3 is 5.97 Å². The summed E-state index contributed by atoms with van der Waals surface area (Å²) in [6.45, 7) is 0. The second kappa shape index (κ2) is 7.39. The summed E-state index contributed by atoms with van der Waals surface area (Å²) in [5, 5.41) is 0. The van der Waals surface area contributed by atoms with Crippen LogP contribution in [0, 0.1) is 5.82 Å². The van der Waals surface area contributed by atoms with E-state index in [-0.39, 0.29) is 27.6 Å². The van der Waals surface area contributed by atoms with Gasteiger partial charge < -0.3 is 14.2 Å². The lowest BCUT2D eigenvalue weighted by molar-refractivity contribution is 0.0600. The fraction of sp³-hybridized carbons (Fsp3) is 0.188. The van der Waals surface area contributed by atoms with Crippen LogP contribution in [0.3, 0.4) is 0 Å². The molecular weight excluding hydrogens is 353 g/mol. The Morgan fingerprint density at radius 2 is 1.64 bits per heavy atom. The minimum Gasteiger partial charge on any atom is -0.495 e. The first-order valence-corrected chi connectivity index (χ1v) is 8.43. The molecule has 2 rings (SSSR count). The van der Waals surface area contributed by atoms with Crippen molar-refractivity contribution in [2.24, 2.45) is 0 Å². The van der Waals surface area contributed by atoms with E-state index in [1.165, 1.54) is 45.6 Å². The van der Waals surface area contributed by atoms with Crippen molar-refractivity contribution in [3.8, 4) is 11.5 Å². The van der Waals surface area contributed by atoms with E-state index in [9.17, 15) is 17.6 Å². The van der Waals surface area contributed by atoms with Crippen LogP contribution < -0.4 is 14.2 Å². The van der Waals surface area contributed by atoms with Gasteiger partial charge in [0, 0.05) is 0 Å². The summed E-state index contributed by atoms with van der Waals surface area (Å²) in [6.07, 6.45) is 0. The van der Waals surface area contributed by atoms with E-state index >= 15 is 0 Å². The SMILES string of the molecule is COC(=O)c1ccc(OC)c(NS(=O)(=O)c2cc(F)ccc2OC)c1. The van der Waals surface area contributed by atoms with Crippen LogP contribution in [0.4, 0.5) is 10.1 Å². The lowest BCUT2D eigenvalue weighted by Gasteiger charge is -2.14. The molecule has 1 N–H and O–H groups in total. The molecule has 0 aliphatic carbocycles. The van der Waals surface area contributed by atoms with Crippen LogP contribution in [-0.2, 0) is 14.8 Å². The third-order valence-electron chi connectivity index (χ3n) is 3.28. The summed E-state index contributed by atoms with van der Waals surface area (Å²) in [4.78, 5) is 11.2. The van der Waals surface area contributed by atoms with Crippen molar-refractivity contribution in [1.29, 1.82) is 0 Å². The molecule has 25 heavy (non-hydrogen) atoms. The lowest BCUT2D eigenvalue weighted by Crippen LogP contribution is -2.15. The number of ether oxygens (including phenoxy) is 3. The number of esters is 1. The van der Waals surface area contributed by atoms with Crippen LogP contribution in [-0.4, -0.2) is 35.7 Å². The van der Waals surface area contributed by atoms with E-state index in [4.69, 9.17) is 9.47 Å². The molecule has 0 amide bonds. The molecule has 9 heteroatoms. The van der Waals surface area contributed by atoms with E-state index in [1.54, 1.807) is 0 Å². The van der Waals surface area contributed by atoms with Crippen LogP contribution in [0.2, 0.25) is 0 Å². The van der Waals surface area contributed by atoms with Gasteiger partial charge in [-0.05, 0) is 36.4 Å². The highest BCUT2D eigenvalue weighted by atomic mass is 32.2. The second-order valence-corrected chi connectivity index (χ2v) is 6.46. The predicted octanol–water partition coefficient (Wildman–Crippen LogP) is 2.43. The molecular formula is C16H16FNO6S. The quantitative estimate of drug-likeness (QED) is 0.787. The third kappa shape index (κ3) is 4.00. The molecule has 2 aromatic rings. The standard InChI is InChI=1S/C16H16FNO6S/c1-22-13-6-4-10(16(19)24-3)8-12(13)18-25(20,21)15-9-11(17)5-7-14(15)23-2/h4-9,18H,1-3H3. The highest BCUT2D eigenvalue weighted by Gasteiger charge is 2.23. The largest absolute Gasteiger partial charge is 0.495 e. The molecule has 0 fully saturated rings. The first-order chi connectivity index (χ1) is 11.8. The number of hydrogen-bond donors (Lipinski definition) is 1. The summed E-state index contributed by atoms with van der Waals surface area (Å²) in [5.41, 5.74) is 0.115. The normalized spacial score (nSPS) is 10.9. The van der Waals surface area contributed by atoms with Crippen LogP contribution in [0.5, 0.6) is 11.5 Å². The molecule has 0 aromatic heterocycles. The summed E-state index contributed by atoms with van der Waals surface area (Å²) in [5.74, 6) is -1.24. The molecule has 0 atom stereocenters. The number of benzene rings is 2. The Kier molecular flexibility index (Phi) is 5.48. The molecule has 0 unspecified atom stereocenters. The van der Waals surface area contributed by atoms with Crippen LogP contribution in [0.25, 0.3) is 0 Å². The molecule has 2 aromatic carbocycles. The molecule has 0 bridgehead atoms. The van der Waals surface area contributed by atoms with Crippen molar-refractivity contribution in [2.75, 3.05) is 26.1 Å². The number of rotatable bonds is 6. The topological polar surface area (TPSA) is 90.9 Å². The molecule has 7 nitrogen and oxygen atoms in total. The van der Waals surface area contributed by atoms with Gasteiger partial charge in [0.15, 0.2) is 0 Å². The van der Waals surface area contributed by atoms with Gasteiger partial charge in [-0.15, -0.1) is 0 Å². The summed E-state index contributed by atoms with van der Waals surface area (Å²) < 4.78 is 55.7.